The first kappa shape index (κ1) is 12.8. The third-order valence-electron chi connectivity index (χ3n) is 2.35. The summed E-state index contributed by atoms with van der Waals surface area (Å²) >= 11 is 5.41. The predicted molar refractivity (Wildman–Crippen MR) is 64.9 cm³/mol. The van der Waals surface area contributed by atoms with Crippen molar-refractivity contribution in [3.63, 3.8) is 0 Å². The van der Waals surface area contributed by atoms with Crippen LogP contribution in [0.15, 0.2) is 18.2 Å². The van der Waals surface area contributed by atoms with Crippen molar-refractivity contribution in [3.8, 4) is 5.75 Å². The van der Waals surface area contributed by atoms with Crippen molar-refractivity contribution >= 4 is 17.5 Å². The number of carbonyl (C=O) groups excluding carboxylic acids is 1. The molecule has 1 rings (SSSR count). The fourth-order valence-corrected chi connectivity index (χ4v) is 1.53. The number of nitrogens with one attached hydrogen (secondary N) is 1. The first-order valence-electron chi connectivity index (χ1n) is 5.19. The van der Waals surface area contributed by atoms with Gasteiger partial charge in [-0.15, -0.1) is 11.6 Å². The molecule has 0 saturated heterocycles. The van der Waals surface area contributed by atoms with Gasteiger partial charge in [0.05, 0.1) is 7.11 Å². The van der Waals surface area contributed by atoms with Gasteiger partial charge < -0.3 is 10.1 Å². The molecule has 0 bridgehead atoms. The Kier molecular flexibility index (Phi) is 5.12. The molecule has 0 aliphatic heterocycles. The Morgan fingerprint density at radius 2 is 2.25 bits per heavy atom. The molecular formula is C12H16ClNO2. The normalized spacial score (nSPS) is 9.94. The second kappa shape index (κ2) is 6.38. The minimum Gasteiger partial charge on any atom is -0.496 e. The average molecular weight is 242 g/mol. The van der Waals surface area contributed by atoms with Crippen molar-refractivity contribution < 1.29 is 9.53 Å². The van der Waals surface area contributed by atoms with Crippen molar-refractivity contribution in [2.24, 2.45) is 0 Å². The van der Waals surface area contributed by atoms with E-state index in [0.29, 0.717) is 6.54 Å². The van der Waals surface area contributed by atoms with Gasteiger partial charge in [-0.05, 0) is 18.1 Å². The third kappa shape index (κ3) is 3.42. The van der Waals surface area contributed by atoms with Gasteiger partial charge in [-0.1, -0.05) is 19.1 Å². The number of hydrogen-bond donors (Lipinski definition) is 1. The van der Waals surface area contributed by atoms with Gasteiger partial charge in [-0.25, -0.2) is 0 Å². The van der Waals surface area contributed by atoms with Gasteiger partial charge in [-0.2, -0.15) is 0 Å². The quantitative estimate of drug-likeness (QED) is 0.802. The highest BCUT2D eigenvalue weighted by Crippen LogP contribution is 2.19. The lowest BCUT2D eigenvalue weighted by Gasteiger charge is -2.10. The summed E-state index contributed by atoms with van der Waals surface area (Å²) in [6, 6.07) is 5.97. The van der Waals surface area contributed by atoms with Crippen LogP contribution in [0.2, 0.25) is 0 Å². The van der Waals surface area contributed by atoms with Crippen LogP contribution >= 0.6 is 11.6 Å². The van der Waals surface area contributed by atoms with E-state index in [-0.39, 0.29) is 11.8 Å². The van der Waals surface area contributed by atoms with E-state index in [9.17, 15) is 4.79 Å². The van der Waals surface area contributed by atoms with E-state index in [1.165, 1.54) is 5.56 Å². The van der Waals surface area contributed by atoms with Crippen LogP contribution in [0.3, 0.4) is 0 Å². The van der Waals surface area contributed by atoms with Gasteiger partial charge in [0.2, 0.25) is 5.91 Å². The minimum absolute atomic E-state index is 0.0181. The molecule has 0 radical (unpaired) electrons. The second-order valence-corrected chi connectivity index (χ2v) is 3.68. The van der Waals surface area contributed by atoms with Crippen LogP contribution in [0.5, 0.6) is 5.75 Å². The van der Waals surface area contributed by atoms with Gasteiger partial charge in [-0.3, -0.25) is 4.79 Å². The molecule has 0 fully saturated rings. The zero-order valence-electron chi connectivity index (χ0n) is 9.55. The molecule has 1 N–H and O–H groups in total. The topological polar surface area (TPSA) is 38.3 Å². The number of halogens is 1. The smallest absolute Gasteiger partial charge is 0.235 e. The van der Waals surface area contributed by atoms with E-state index < -0.39 is 0 Å². The molecule has 1 amide bonds. The van der Waals surface area contributed by atoms with E-state index in [0.717, 1.165) is 17.7 Å². The molecule has 0 aliphatic carbocycles. The van der Waals surface area contributed by atoms with Gasteiger partial charge >= 0.3 is 0 Å². The highest BCUT2D eigenvalue weighted by atomic mass is 35.5. The zero-order valence-corrected chi connectivity index (χ0v) is 10.3. The summed E-state index contributed by atoms with van der Waals surface area (Å²) in [5.74, 6) is 0.591. The first-order chi connectivity index (χ1) is 7.71. The van der Waals surface area contributed by atoms with E-state index in [1.54, 1.807) is 7.11 Å². The highest BCUT2D eigenvalue weighted by Gasteiger charge is 2.05. The molecule has 16 heavy (non-hydrogen) atoms. The van der Waals surface area contributed by atoms with Crippen molar-refractivity contribution in [1.29, 1.82) is 0 Å². The fraction of sp³-hybridized carbons (Fsp3) is 0.417. The molecule has 4 heteroatoms. The molecule has 1 aromatic carbocycles. The predicted octanol–water partition coefficient (Wildman–Crippen LogP) is 2.11. The van der Waals surface area contributed by atoms with E-state index in [4.69, 9.17) is 16.3 Å². The lowest BCUT2D eigenvalue weighted by molar-refractivity contribution is -0.118. The van der Waals surface area contributed by atoms with Gasteiger partial charge in [0.15, 0.2) is 0 Å². The van der Waals surface area contributed by atoms with E-state index in [1.807, 2.05) is 18.2 Å². The molecule has 0 aliphatic rings. The van der Waals surface area contributed by atoms with Crippen LogP contribution in [-0.4, -0.2) is 18.9 Å². The maximum Gasteiger partial charge on any atom is 0.235 e. The van der Waals surface area contributed by atoms with Crippen LogP contribution in [0, 0.1) is 0 Å². The number of alkyl halides is 1. The Morgan fingerprint density at radius 3 is 2.81 bits per heavy atom. The first-order valence-corrected chi connectivity index (χ1v) is 5.73. The maximum atomic E-state index is 11.1. The molecule has 0 unspecified atom stereocenters. The number of carbonyl (C=O) groups is 1. The monoisotopic (exact) mass is 241 g/mol. The number of benzene rings is 1. The van der Waals surface area contributed by atoms with Gasteiger partial charge in [0, 0.05) is 12.1 Å². The standard InChI is InChI=1S/C12H16ClNO2/c1-3-9-4-5-11(16-2)10(6-9)8-14-12(15)7-13/h4-6H,3,7-8H2,1-2H3,(H,14,15). The third-order valence-corrected chi connectivity index (χ3v) is 2.59. The Hall–Kier alpha value is -1.22. The van der Waals surface area contributed by atoms with Gasteiger partial charge in [0.1, 0.15) is 11.6 Å². The van der Waals surface area contributed by atoms with Crippen molar-refractivity contribution in [3.05, 3.63) is 29.3 Å². The zero-order chi connectivity index (χ0) is 12.0. The average Bonchev–Trinajstić information content (AvgIpc) is 2.35. The number of amides is 1. The summed E-state index contributed by atoms with van der Waals surface area (Å²) in [7, 11) is 1.62. The molecule has 0 spiro atoms. The molecule has 1 aromatic rings. The number of rotatable bonds is 5. The lowest BCUT2D eigenvalue weighted by atomic mass is 10.1. The summed E-state index contributed by atoms with van der Waals surface area (Å²) in [5.41, 5.74) is 2.19. The van der Waals surface area contributed by atoms with Crippen LogP contribution in [0.1, 0.15) is 18.1 Å². The maximum absolute atomic E-state index is 11.1. The van der Waals surface area contributed by atoms with E-state index in [2.05, 4.69) is 12.2 Å². The van der Waals surface area contributed by atoms with Crippen molar-refractivity contribution in [2.45, 2.75) is 19.9 Å². The molecule has 0 aromatic heterocycles. The number of aryl methyl sites for hydroxylation is 1. The number of ether oxygens (including phenoxy) is 1. The van der Waals surface area contributed by atoms with Crippen LogP contribution in [0.25, 0.3) is 0 Å². The summed E-state index contributed by atoms with van der Waals surface area (Å²) in [6.45, 7) is 2.53. The molecule has 0 heterocycles. The fourth-order valence-electron chi connectivity index (χ4n) is 1.43. The lowest BCUT2D eigenvalue weighted by Crippen LogP contribution is -2.24. The number of hydrogen-bond acceptors (Lipinski definition) is 2. The molecule has 0 atom stereocenters. The molecule has 0 saturated carbocycles. The molecule has 88 valence electrons. The number of methoxy groups -OCH3 is 1. The van der Waals surface area contributed by atoms with E-state index >= 15 is 0 Å². The van der Waals surface area contributed by atoms with Crippen LogP contribution in [0.4, 0.5) is 0 Å². The Bertz CT molecular complexity index is 366. The van der Waals surface area contributed by atoms with Crippen molar-refractivity contribution in [1.82, 2.24) is 5.32 Å². The second-order valence-electron chi connectivity index (χ2n) is 3.41. The van der Waals surface area contributed by atoms with Crippen molar-refractivity contribution in [2.75, 3.05) is 13.0 Å². The summed E-state index contributed by atoms with van der Waals surface area (Å²) < 4.78 is 5.23. The Morgan fingerprint density at radius 1 is 1.50 bits per heavy atom. The largest absolute Gasteiger partial charge is 0.496 e. The van der Waals surface area contributed by atoms with Crippen LogP contribution < -0.4 is 10.1 Å². The Labute approximate surface area is 101 Å². The SMILES string of the molecule is CCc1ccc(OC)c(CNC(=O)CCl)c1. The minimum atomic E-state index is -0.175. The summed E-state index contributed by atoms with van der Waals surface area (Å²) in [6.07, 6.45) is 0.959. The highest BCUT2D eigenvalue weighted by molar-refractivity contribution is 6.27. The van der Waals surface area contributed by atoms with Gasteiger partial charge in [0.25, 0.3) is 0 Å². The summed E-state index contributed by atoms with van der Waals surface area (Å²) in [5, 5.41) is 2.72. The Balaban J connectivity index is 2.78. The summed E-state index contributed by atoms with van der Waals surface area (Å²) in [4.78, 5) is 11.1. The molecule has 3 nitrogen and oxygen atoms in total. The van der Waals surface area contributed by atoms with Crippen LogP contribution in [-0.2, 0) is 17.8 Å². The molecular weight excluding hydrogens is 226 g/mol.